The molecule has 0 atom stereocenters. The summed E-state index contributed by atoms with van der Waals surface area (Å²) in [5.74, 6) is 0. The average Bonchev–Trinajstić information content (AvgIpc) is 2.09. The lowest BCUT2D eigenvalue weighted by Gasteiger charge is -2.04. The smallest absolute Gasteiger partial charge is 0.0143 e. The Morgan fingerprint density at radius 1 is 1.33 bits per heavy atom. The highest BCUT2D eigenvalue weighted by atomic mass is 14.9. The SMILES string of the molecule is C/C=C\C=C(\C)NCCCCC. The normalized spacial score (nSPS) is 12.4. The third kappa shape index (κ3) is 7.39. The molecule has 0 fully saturated rings. The fourth-order valence-corrected chi connectivity index (χ4v) is 0.960. The van der Waals surface area contributed by atoms with Gasteiger partial charge in [0.25, 0.3) is 0 Å². The summed E-state index contributed by atoms with van der Waals surface area (Å²) in [6.45, 7) is 7.46. The lowest BCUT2D eigenvalue weighted by molar-refractivity contribution is 0.667. The standard InChI is InChI=1S/C11H21N/c1-4-6-8-10-12-11(3)9-7-5-2/h5,7,9,12H,4,6,8,10H2,1-3H3/b7-5-,11-9-. The largest absolute Gasteiger partial charge is 0.389 e. The summed E-state index contributed by atoms with van der Waals surface area (Å²) in [4.78, 5) is 0. The molecule has 0 spiro atoms. The van der Waals surface area contributed by atoms with Gasteiger partial charge in [-0.05, 0) is 26.3 Å². The third-order valence-corrected chi connectivity index (χ3v) is 1.72. The number of nitrogens with one attached hydrogen (secondary N) is 1. The molecular weight excluding hydrogens is 146 g/mol. The van der Waals surface area contributed by atoms with Gasteiger partial charge in [0.15, 0.2) is 0 Å². The molecular formula is C11H21N. The van der Waals surface area contributed by atoms with E-state index in [9.17, 15) is 0 Å². The number of hydrogen-bond acceptors (Lipinski definition) is 1. The minimum Gasteiger partial charge on any atom is -0.389 e. The first-order valence-corrected chi connectivity index (χ1v) is 4.84. The number of hydrogen-bond donors (Lipinski definition) is 1. The van der Waals surface area contributed by atoms with Crippen molar-refractivity contribution in [3.8, 4) is 0 Å². The Bertz CT molecular complexity index is 145. The number of allylic oxidation sites excluding steroid dienone is 4. The van der Waals surface area contributed by atoms with Crippen LogP contribution in [0.15, 0.2) is 23.9 Å². The van der Waals surface area contributed by atoms with Crippen molar-refractivity contribution in [3.05, 3.63) is 23.9 Å². The minimum absolute atomic E-state index is 1.10. The van der Waals surface area contributed by atoms with Crippen LogP contribution in [0, 0.1) is 0 Å². The quantitative estimate of drug-likeness (QED) is 0.473. The Morgan fingerprint density at radius 3 is 2.67 bits per heavy atom. The van der Waals surface area contributed by atoms with Crippen LogP contribution in [0.5, 0.6) is 0 Å². The molecule has 70 valence electrons. The van der Waals surface area contributed by atoms with Crippen molar-refractivity contribution in [2.45, 2.75) is 40.0 Å². The highest BCUT2D eigenvalue weighted by Gasteiger charge is 1.86. The average molecular weight is 167 g/mol. The van der Waals surface area contributed by atoms with E-state index >= 15 is 0 Å². The van der Waals surface area contributed by atoms with Crippen molar-refractivity contribution < 1.29 is 0 Å². The predicted molar refractivity (Wildman–Crippen MR) is 56.1 cm³/mol. The molecule has 0 saturated heterocycles. The molecule has 1 N–H and O–H groups in total. The Kier molecular flexibility index (Phi) is 7.87. The first-order chi connectivity index (χ1) is 5.81. The van der Waals surface area contributed by atoms with Gasteiger partial charge in [0, 0.05) is 12.2 Å². The fourth-order valence-electron chi connectivity index (χ4n) is 0.960. The molecule has 0 aromatic carbocycles. The zero-order valence-electron chi connectivity index (χ0n) is 8.56. The van der Waals surface area contributed by atoms with Gasteiger partial charge in [-0.15, -0.1) is 0 Å². The van der Waals surface area contributed by atoms with E-state index in [4.69, 9.17) is 0 Å². The molecule has 0 aromatic rings. The highest BCUT2D eigenvalue weighted by molar-refractivity contribution is 5.07. The van der Waals surface area contributed by atoms with Crippen LogP contribution in [-0.2, 0) is 0 Å². The summed E-state index contributed by atoms with van der Waals surface area (Å²) in [5, 5.41) is 3.36. The van der Waals surface area contributed by atoms with Crippen LogP contribution in [0.1, 0.15) is 40.0 Å². The monoisotopic (exact) mass is 167 g/mol. The van der Waals surface area contributed by atoms with Crippen molar-refractivity contribution in [2.24, 2.45) is 0 Å². The maximum Gasteiger partial charge on any atom is 0.0143 e. The molecule has 0 heterocycles. The molecule has 0 radical (unpaired) electrons. The molecule has 0 bridgehead atoms. The highest BCUT2D eigenvalue weighted by Crippen LogP contribution is 1.93. The molecule has 0 rings (SSSR count). The van der Waals surface area contributed by atoms with E-state index in [0.29, 0.717) is 0 Å². The Labute approximate surface area is 76.6 Å². The van der Waals surface area contributed by atoms with Crippen LogP contribution in [0.4, 0.5) is 0 Å². The van der Waals surface area contributed by atoms with Crippen LogP contribution in [0.25, 0.3) is 0 Å². The molecule has 0 aliphatic heterocycles. The van der Waals surface area contributed by atoms with Gasteiger partial charge in [0.05, 0.1) is 0 Å². The van der Waals surface area contributed by atoms with Gasteiger partial charge in [-0.3, -0.25) is 0 Å². The zero-order chi connectivity index (χ0) is 9.23. The third-order valence-electron chi connectivity index (χ3n) is 1.72. The van der Waals surface area contributed by atoms with Crippen LogP contribution >= 0.6 is 0 Å². The molecule has 1 heteroatoms. The second-order valence-electron chi connectivity index (χ2n) is 3.01. The van der Waals surface area contributed by atoms with Crippen molar-refractivity contribution in [2.75, 3.05) is 6.54 Å². The van der Waals surface area contributed by atoms with Crippen LogP contribution in [0.3, 0.4) is 0 Å². The molecule has 1 nitrogen and oxygen atoms in total. The summed E-state index contributed by atoms with van der Waals surface area (Å²) in [6.07, 6.45) is 10.1. The van der Waals surface area contributed by atoms with Gasteiger partial charge in [0.2, 0.25) is 0 Å². The molecule has 0 unspecified atom stereocenters. The van der Waals surface area contributed by atoms with Crippen LogP contribution < -0.4 is 5.32 Å². The molecule has 0 saturated carbocycles. The second kappa shape index (κ2) is 8.38. The molecule has 0 aromatic heterocycles. The van der Waals surface area contributed by atoms with E-state index in [-0.39, 0.29) is 0 Å². The van der Waals surface area contributed by atoms with Crippen LogP contribution in [0.2, 0.25) is 0 Å². The lowest BCUT2D eigenvalue weighted by atomic mass is 10.2. The summed E-state index contributed by atoms with van der Waals surface area (Å²) < 4.78 is 0. The van der Waals surface area contributed by atoms with E-state index in [1.807, 2.05) is 13.0 Å². The predicted octanol–water partition coefficient (Wildman–Crippen LogP) is 3.25. The summed E-state index contributed by atoms with van der Waals surface area (Å²) >= 11 is 0. The minimum atomic E-state index is 1.10. The van der Waals surface area contributed by atoms with Crippen LogP contribution in [-0.4, -0.2) is 6.54 Å². The van der Waals surface area contributed by atoms with E-state index in [1.54, 1.807) is 0 Å². The van der Waals surface area contributed by atoms with Gasteiger partial charge in [-0.25, -0.2) is 0 Å². The van der Waals surface area contributed by atoms with Crippen molar-refractivity contribution in [3.63, 3.8) is 0 Å². The van der Waals surface area contributed by atoms with E-state index in [1.165, 1.54) is 25.0 Å². The Morgan fingerprint density at radius 2 is 2.08 bits per heavy atom. The van der Waals surface area contributed by atoms with E-state index in [2.05, 4.69) is 31.3 Å². The lowest BCUT2D eigenvalue weighted by Crippen LogP contribution is -2.12. The summed E-state index contributed by atoms with van der Waals surface area (Å²) in [7, 11) is 0. The van der Waals surface area contributed by atoms with Crippen molar-refractivity contribution in [1.29, 1.82) is 0 Å². The summed E-state index contributed by atoms with van der Waals surface area (Å²) in [6, 6.07) is 0. The maximum atomic E-state index is 3.36. The first kappa shape index (κ1) is 11.3. The second-order valence-corrected chi connectivity index (χ2v) is 3.01. The first-order valence-electron chi connectivity index (χ1n) is 4.84. The van der Waals surface area contributed by atoms with Gasteiger partial charge < -0.3 is 5.32 Å². The van der Waals surface area contributed by atoms with Crippen molar-refractivity contribution in [1.82, 2.24) is 5.32 Å². The van der Waals surface area contributed by atoms with Gasteiger partial charge in [0.1, 0.15) is 0 Å². The number of unbranched alkanes of at least 4 members (excludes halogenated alkanes) is 2. The number of rotatable bonds is 6. The van der Waals surface area contributed by atoms with Gasteiger partial charge >= 0.3 is 0 Å². The zero-order valence-corrected chi connectivity index (χ0v) is 8.56. The molecule has 0 aliphatic carbocycles. The Balaban J connectivity index is 3.36. The maximum absolute atomic E-state index is 3.36. The Hall–Kier alpha value is -0.720. The van der Waals surface area contributed by atoms with E-state index < -0.39 is 0 Å². The van der Waals surface area contributed by atoms with E-state index in [0.717, 1.165) is 6.54 Å². The topological polar surface area (TPSA) is 12.0 Å². The summed E-state index contributed by atoms with van der Waals surface area (Å²) in [5.41, 5.74) is 1.25. The van der Waals surface area contributed by atoms with Gasteiger partial charge in [-0.1, -0.05) is 31.9 Å². The molecule has 0 amide bonds. The van der Waals surface area contributed by atoms with Gasteiger partial charge in [-0.2, -0.15) is 0 Å². The molecule has 12 heavy (non-hydrogen) atoms. The molecule has 0 aliphatic rings. The van der Waals surface area contributed by atoms with Crippen molar-refractivity contribution >= 4 is 0 Å². The fraction of sp³-hybridized carbons (Fsp3) is 0.636.